The van der Waals surface area contributed by atoms with Crippen molar-refractivity contribution < 1.29 is 33.0 Å². The maximum Gasteiger partial charge on any atom is 0.284 e. The number of nitrogens with one attached hydrogen (secondary N) is 1. The first-order valence-electron chi connectivity index (χ1n) is 12.6. The number of hydrogen-bond donors (Lipinski definition) is 3. The van der Waals surface area contributed by atoms with Crippen LogP contribution in [0.1, 0.15) is 32.7 Å². The smallest absolute Gasteiger partial charge is 0.284 e. The number of fused-ring (bicyclic) bond motifs is 1. The van der Waals surface area contributed by atoms with Gasteiger partial charge in [0.25, 0.3) is 17.7 Å². The van der Waals surface area contributed by atoms with Crippen LogP contribution >= 0.6 is 11.6 Å². The van der Waals surface area contributed by atoms with Crippen LogP contribution in [-0.2, 0) is 5.60 Å². The Labute approximate surface area is 238 Å². The summed E-state index contributed by atoms with van der Waals surface area (Å²) in [6.07, 6.45) is -0.973. The maximum absolute atomic E-state index is 15.2. The number of rotatable bonds is 5. The molecule has 4 aromatic carbocycles. The predicted octanol–water partition coefficient (Wildman–Crippen LogP) is 6.26. The highest BCUT2D eigenvalue weighted by molar-refractivity contribution is 6.30. The lowest BCUT2D eigenvalue weighted by atomic mass is 9.86. The zero-order valence-corrected chi connectivity index (χ0v) is 22.2. The van der Waals surface area contributed by atoms with Crippen molar-refractivity contribution in [2.45, 2.75) is 17.9 Å². The Kier molecular flexibility index (Phi) is 7.61. The van der Waals surface area contributed by atoms with Gasteiger partial charge in [-0.25, -0.2) is 13.2 Å². The van der Waals surface area contributed by atoms with E-state index in [1.165, 1.54) is 24.3 Å². The highest BCUT2D eigenvalue weighted by Gasteiger charge is 2.56. The molecule has 5 rings (SSSR count). The fraction of sp³-hybridized carbons (Fsp3) is 0.161. The molecular formula is C31H24ClF3N2O4. The molecule has 0 fully saturated rings. The number of benzene rings is 4. The molecule has 1 heterocycles. The molecule has 0 bridgehead atoms. The number of alkyl halides is 2. The number of nitrogens with zero attached hydrogens (tertiary/aromatic N) is 1. The van der Waals surface area contributed by atoms with E-state index >= 15 is 4.39 Å². The first-order valence-corrected chi connectivity index (χ1v) is 13.0. The van der Waals surface area contributed by atoms with Crippen molar-refractivity contribution in [2.75, 3.05) is 23.4 Å². The molecule has 4 aromatic rings. The highest BCUT2D eigenvalue weighted by Crippen LogP contribution is 2.47. The molecule has 6 nitrogen and oxygen atoms in total. The van der Waals surface area contributed by atoms with Crippen LogP contribution < -0.4 is 10.2 Å². The largest absolute Gasteiger partial charge is 0.393 e. The number of aliphatic hydroxyl groups excluding tert-OH is 1. The molecule has 1 aliphatic rings. The van der Waals surface area contributed by atoms with E-state index in [1.807, 2.05) is 30.3 Å². The Bertz CT molecular complexity index is 1630. The van der Waals surface area contributed by atoms with Gasteiger partial charge in [-0.2, -0.15) is 0 Å². The minimum absolute atomic E-state index is 0.0145. The Morgan fingerprint density at radius 1 is 0.951 bits per heavy atom. The summed E-state index contributed by atoms with van der Waals surface area (Å²) in [6.45, 7) is -1.84. The molecule has 0 saturated heterocycles. The van der Waals surface area contributed by atoms with Gasteiger partial charge in [0.05, 0.1) is 18.0 Å². The number of amides is 2. The molecule has 1 atom stereocenters. The Morgan fingerprint density at radius 2 is 1.66 bits per heavy atom. The van der Waals surface area contributed by atoms with Crippen molar-refractivity contribution in [3.8, 4) is 11.1 Å². The van der Waals surface area contributed by atoms with E-state index in [4.69, 9.17) is 11.6 Å². The normalized spacial score (nSPS) is 17.9. The molecule has 0 spiro atoms. The lowest BCUT2D eigenvalue weighted by Crippen LogP contribution is -2.48. The standard InChI is InChI=1S/C31H24ClF3N2O4/c32-21-11-13-27-24(17-21)30(41,18-38)31(34,35)14-15-37(27)29(40)20-10-12-26(25(33)16-20)36-28(39)23-9-5-4-8-22(23)19-6-2-1-3-7-19/h1-13,16-17,38,41H,14-15,18H2,(H,36,39)/t30-/m0/s1. The second kappa shape index (κ2) is 11.0. The zero-order valence-electron chi connectivity index (χ0n) is 21.5. The molecule has 0 aromatic heterocycles. The van der Waals surface area contributed by atoms with E-state index in [1.54, 1.807) is 24.3 Å². The Balaban J connectivity index is 1.44. The average molecular weight is 581 g/mol. The number of halogens is 4. The van der Waals surface area contributed by atoms with Crippen LogP contribution in [0.3, 0.4) is 0 Å². The first-order chi connectivity index (χ1) is 19.6. The third kappa shape index (κ3) is 5.19. The van der Waals surface area contributed by atoms with Gasteiger partial charge in [-0.05, 0) is 53.6 Å². The van der Waals surface area contributed by atoms with Crippen LogP contribution in [-0.4, -0.2) is 41.1 Å². The number of carbonyl (C=O) groups excluding carboxylic acids is 2. The van der Waals surface area contributed by atoms with Gasteiger partial charge in [-0.15, -0.1) is 0 Å². The second-order valence-electron chi connectivity index (χ2n) is 9.65. The number of hydrogen-bond acceptors (Lipinski definition) is 4. The van der Waals surface area contributed by atoms with Crippen molar-refractivity contribution in [3.63, 3.8) is 0 Å². The van der Waals surface area contributed by atoms with Crippen molar-refractivity contribution in [1.29, 1.82) is 0 Å². The average Bonchev–Trinajstić information content (AvgIpc) is 3.06. The van der Waals surface area contributed by atoms with E-state index in [0.717, 1.165) is 22.6 Å². The molecular weight excluding hydrogens is 557 g/mol. The number of carbonyl (C=O) groups is 2. The highest BCUT2D eigenvalue weighted by atomic mass is 35.5. The molecule has 0 aliphatic carbocycles. The van der Waals surface area contributed by atoms with Gasteiger partial charge in [0.15, 0.2) is 5.60 Å². The minimum atomic E-state index is -3.80. The molecule has 0 unspecified atom stereocenters. The summed E-state index contributed by atoms with van der Waals surface area (Å²) >= 11 is 5.99. The zero-order chi connectivity index (χ0) is 29.4. The molecule has 1 aliphatic heterocycles. The van der Waals surface area contributed by atoms with Crippen molar-refractivity contribution in [2.24, 2.45) is 0 Å². The molecule has 0 radical (unpaired) electrons. The summed E-state index contributed by atoms with van der Waals surface area (Å²) in [4.78, 5) is 27.6. The first kappa shape index (κ1) is 28.4. The monoisotopic (exact) mass is 580 g/mol. The lowest BCUT2D eigenvalue weighted by molar-refractivity contribution is -0.205. The molecule has 2 amide bonds. The Morgan fingerprint density at radius 3 is 2.37 bits per heavy atom. The SMILES string of the molecule is O=C(Nc1ccc(C(=O)N2CCC(F)(F)[C@](O)(CO)c3cc(Cl)ccc32)cc1F)c1ccccc1-c1ccccc1. The summed E-state index contributed by atoms with van der Waals surface area (Å²) in [7, 11) is 0. The van der Waals surface area contributed by atoms with Gasteiger partial charge < -0.3 is 20.4 Å². The summed E-state index contributed by atoms with van der Waals surface area (Å²) in [5.74, 6) is -6.10. The van der Waals surface area contributed by atoms with E-state index in [0.29, 0.717) is 11.1 Å². The lowest BCUT2D eigenvalue weighted by Gasteiger charge is -2.33. The topological polar surface area (TPSA) is 89.9 Å². The second-order valence-corrected chi connectivity index (χ2v) is 10.1. The third-order valence-electron chi connectivity index (χ3n) is 7.14. The van der Waals surface area contributed by atoms with Crippen LogP contribution in [0, 0.1) is 5.82 Å². The molecule has 210 valence electrons. The maximum atomic E-state index is 15.2. The van der Waals surface area contributed by atoms with Crippen LogP contribution in [0.2, 0.25) is 5.02 Å². The molecule has 3 N–H and O–H groups in total. The van der Waals surface area contributed by atoms with E-state index in [2.05, 4.69) is 5.32 Å². The van der Waals surface area contributed by atoms with E-state index in [9.17, 15) is 28.6 Å². The Hall–Kier alpha value is -4.18. The van der Waals surface area contributed by atoms with Crippen LogP contribution in [0.5, 0.6) is 0 Å². The van der Waals surface area contributed by atoms with Gasteiger partial charge in [-0.3, -0.25) is 9.59 Å². The van der Waals surface area contributed by atoms with Crippen molar-refractivity contribution >= 4 is 34.8 Å². The van der Waals surface area contributed by atoms with Crippen LogP contribution in [0.25, 0.3) is 11.1 Å². The van der Waals surface area contributed by atoms with Gasteiger partial charge in [0, 0.05) is 34.7 Å². The minimum Gasteiger partial charge on any atom is -0.393 e. The van der Waals surface area contributed by atoms with Crippen molar-refractivity contribution in [1.82, 2.24) is 0 Å². The van der Waals surface area contributed by atoms with Gasteiger partial charge >= 0.3 is 0 Å². The number of anilines is 2. The van der Waals surface area contributed by atoms with Crippen LogP contribution in [0.4, 0.5) is 24.5 Å². The van der Waals surface area contributed by atoms with Crippen molar-refractivity contribution in [3.05, 3.63) is 119 Å². The third-order valence-corrected chi connectivity index (χ3v) is 7.38. The molecule has 0 saturated carbocycles. The van der Waals surface area contributed by atoms with E-state index < -0.39 is 54.3 Å². The summed E-state index contributed by atoms with van der Waals surface area (Å²) in [5, 5.41) is 23.1. The van der Waals surface area contributed by atoms with Crippen LogP contribution in [0.15, 0.2) is 91.0 Å². The fourth-order valence-electron chi connectivity index (χ4n) is 4.91. The summed E-state index contributed by atoms with van der Waals surface area (Å²) in [6, 6.07) is 23.2. The van der Waals surface area contributed by atoms with Gasteiger partial charge in [0.1, 0.15) is 5.82 Å². The number of aliphatic hydroxyl groups is 2. The van der Waals surface area contributed by atoms with Gasteiger partial charge in [0.2, 0.25) is 0 Å². The fourth-order valence-corrected chi connectivity index (χ4v) is 5.08. The molecule has 41 heavy (non-hydrogen) atoms. The summed E-state index contributed by atoms with van der Waals surface area (Å²) in [5.41, 5.74) is -2.10. The quantitative estimate of drug-likeness (QED) is 0.260. The molecule has 10 heteroatoms. The van der Waals surface area contributed by atoms with Gasteiger partial charge in [-0.1, -0.05) is 60.1 Å². The predicted molar refractivity (Wildman–Crippen MR) is 150 cm³/mol. The van der Waals surface area contributed by atoms with E-state index in [-0.39, 0.29) is 22.0 Å². The summed E-state index contributed by atoms with van der Waals surface area (Å²) < 4.78 is 45.2.